The third-order valence-corrected chi connectivity index (χ3v) is 4.30. The van der Waals surface area contributed by atoms with Crippen LogP contribution in [0.4, 0.5) is 0 Å². The number of ether oxygens (including phenoxy) is 1. The van der Waals surface area contributed by atoms with Crippen LogP contribution in [0.25, 0.3) is 0 Å². The number of hydrogen-bond acceptors (Lipinski definition) is 2. The first-order valence-corrected chi connectivity index (χ1v) is 7.09. The van der Waals surface area contributed by atoms with E-state index < -0.39 is 0 Å². The van der Waals surface area contributed by atoms with Gasteiger partial charge in [0.2, 0.25) is 0 Å². The van der Waals surface area contributed by atoms with Crippen molar-refractivity contribution in [1.29, 1.82) is 0 Å². The van der Waals surface area contributed by atoms with Gasteiger partial charge >= 0.3 is 0 Å². The monoisotopic (exact) mass is 267 g/mol. The first-order chi connectivity index (χ1) is 8.64. The highest BCUT2D eigenvalue weighted by atomic mass is 35.5. The number of benzene rings is 1. The zero-order valence-electron chi connectivity index (χ0n) is 11.3. The van der Waals surface area contributed by atoms with Crippen LogP contribution in [0.15, 0.2) is 18.2 Å². The molecule has 1 aromatic rings. The summed E-state index contributed by atoms with van der Waals surface area (Å²) in [4.78, 5) is 0. The van der Waals surface area contributed by atoms with E-state index in [0.717, 1.165) is 22.9 Å². The molecule has 0 spiro atoms. The molecule has 1 N–H and O–H groups in total. The Hall–Kier alpha value is -0.730. The molecule has 0 amide bonds. The molecule has 1 aliphatic rings. The van der Waals surface area contributed by atoms with Crippen LogP contribution in [0.3, 0.4) is 0 Å². The van der Waals surface area contributed by atoms with Crippen molar-refractivity contribution in [1.82, 2.24) is 5.32 Å². The third-order valence-electron chi connectivity index (χ3n) is 3.94. The van der Waals surface area contributed by atoms with Gasteiger partial charge in [-0.1, -0.05) is 36.9 Å². The lowest BCUT2D eigenvalue weighted by Crippen LogP contribution is -2.43. The molecular formula is C15H22ClNO. The maximum atomic E-state index is 6.25. The van der Waals surface area contributed by atoms with Gasteiger partial charge in [0, 0.05) is 22.7 Å². The van der Waals surface area contributed by atoms with Gasteiger partial charge in [-0.15, -0.1) is 0 Å². The lowest BCUT2D eigenvalue weighted by atomic mass is 9.83. The van der Waals surface area contributed by atoms with Crippen molar-refractivity contribution in [3.63, 3.8) is 0 Å². The molecule has 1 fully saturated rings. The second-order valence-corrected chi connectivity index (χ2v) is 5.80. The van der Waals surface area contributed by atoms with Gasteiger partial charge in [0.15, 0.2) is 0 Å². The Morgan fingerprint density at radius 3 is 2.67 bits per heavy atom. The van der Waals surface area contributed by atoms with Crippen LogP contribution in [-0.4, -0.2) is 12.6 Å². The quantitative estimate of drug-likeness (QED) is 0.884. The molecular weight excluding hydrogens is 246 g/mol. The van der Waals surface area contributed by atoms with Crippen molar-refractivity contribution in [2.75, 3.05) is 7.11 Å². The van der Waals surface area contributed by atoms with E-state index >= 15 is 0 Å². The van der Waals surface area contributed by atoms with Gasteiger partial charge in [0.05, 0.1) is 7.11 Å². The average Bonchev–Trinajstić information content (AvgIpc) is 2.38. The van der Waals surface area contributed by atoms with Crippen molar-refractivity contribution in [3.8, 4) is 5.75 Å². The summed E-state index contributed by atoms with van der Waals surface area (Å²) in [6, 6.07) is 5.81. The normalized spacial score (nSPS) is 18.6. The molecule has 0 atom stereocenters. The zero-order chi connectivity index (χ0) is 13.0. The Kier molecular flexibility index (Phi) is 4.52. The van der Waals surface area contributed by atoms with Crippen LogP contribution in [-0.2, 0) is 6.54 Å². The minimum atomic E-state index is 0.252. The van der Waals surface area contributed by atoms with Gasteiger partial charge in [-0.3, -0.25) is 0 Å². The highest BCUT2D eigenvalue weighted by molar-refractivity contribution is 6.31. The number of halogens is 1. The first kappa shape index (κ1) is 13.7. The van der Waals surface area contributed by atoms with Crippen LogP contribution in [0, 0.1) is 0 Å². The van der Waals surface area contributed by atoms with Crippen molar-refractivity contribution in [2.45, 2.75) is 51.1 Å². The summed E-state index contributed by atoms with van der Waals surface area (Å²) in [5.41, 5.74) is 1.32. The van der Waals surface area contributed by atoms with E-state index in [4.69, 9.17) is 16.3 Å². The molecule has 1 aromatic carbocycles. The fourth-order valence-corrected chi connectivity index (χ4v) is 2.95. The van der Waals surface area contributed by atoms with Crippen LogP contribution in [0.1, 0.15) is 44.6 Å². The maximum Gasteiger partial charge on any atom is 0.124 e. The highest BCUT2D eigenvalue weighted by Gasteiger charge is 2.26. The van der Waals surface area contributed by atoms with E-state index in [-0.39, 0.29) is 5.54 Å². The van der Waals surface area contributed by atoms with Gasteiger partial charge in [-0.25, -0.2) is 0 Å². The van der Waals surface area contributed by atoms with Crippen LogP contribution >= 0.6 is 11.6 Å². The summed E-state index contributed by atoms with van der Waals surface area (Å²) < 4.78 is 5.37. The number of rotatable bonds is 4. The predicted octanol–water partition coefficient (Wildman–Crippen LogP) is 4.16. The van der Waals surface area contributed by atoms with Gasteiger partial charge in [-0.2, -0.15) is 0 Å². The Bertz CT molecular complexity index is 399. The molecule has 2 rings (SSSR count). The van der Waals surface area contributed by atoms with Gasteiger partial charge < -0.3 is 10.1 Å². The Balaban J connectivity index is 2.05. The van der Waals surface area contributed by atoms with Gasteiger partial charge in [-0.05, 0) is 31.9 Å². The van der Waals surface area contributed by atoms with E-state index in [2.05, 4.69) is 12.2 Å². The maximum absolute atomic E-state index is 6.25. The van der Waals surface area contributed by atoms with E-state index in [0.29, 0.717) is 0 Å². The summed E-state index contributed by atoms with van der Waals surface area (Å²) in [6.07, 6.45) is 6.51. The third kappa shape index (κ3) is 3.18. The summed E-state index contributed by atoms with van der Waals surface area (Å²) >= 11 is 6.25. The SMILES string of the molecule is COc1cccc(Cl)c1CNC1(C)CCCCC1. The molecule has 0 aliphatic heterocycles. The first-order valence-electron chi connectivity index (χ1n) is 6.71. The molecule has 0 saturated heterocycles. The molecule has 0 bridgehead atoms. The summed E-state index contributed by atoms with van der Waals surface area (Å²) in [5.74, 6) is 0.870. The van der Waals surface area contributed by atoms with Crippen molar-refractivity contribution in [2.24, 2.45) is 0 Å². The van der Waals surface area contributed by atoms with Crippen molar-refractivity contribution < 1.29 is 4.74 Å². The molecule has 18 heavy (non-hydrogen) atoms. The second-order valence-electron chi connectivity index (χ2n) is 5.40. The topological polar surface area (TPSA) is 21.3 Å². The van der Waals surface area contributed by atoms with Crippen LogP contribution < -0.4 is 10.1 Å². The summed E-state index contributed by atoms with van der Waals surface area (Å²) in [5, 5.41) is 4.44. The standard InChI is InChI=1S/C15H22ClNO/c1-15(9-4-3-5-10-15)17-11-12-13(16)7-6-8-14(12)18-2/h6-8,17H,3-5,9-11H2,1-2H3. The number of nitrogens with one attached hydrogen (secondary N) is 1. The Morgan fingerprint density at radius 2 is 2.00 bits per heavy atom. The Morgan fingerprint density at radius 1 is 1.28 bits per heavy atom. The fourth-order valence-electron chi connectivity index (χ4n) is 2.71. The largest absolute Gasteiger partial charge is 0.496 e. The lowest BCUT2D eigenvalue weighted by Gasteiger charge is -2.35. The van der Waals surface area contributed by atoms with Crippen molar-refractivity contribution >= 4 is 11.6 Å². The van der Waals surface area contributed by atoms with Gasteiger partial charge in [0.25, 0.3) is 0 Å². The van der Waals surface area contributed by atoms with Gasteiger partial charge in [0.1, 0.15) is 5.75 Å². The number of methoxy groups -OCH3 is 1. The van der Waals surface area contributed by atoms with Crippen LogP contribution in [0.2, 0.25) is 5.02 Å². The summed E-state index contributed by atoms with van der Waals surface area (Å²) in [7, 11) is 1.69. The number of hydrogen-bond donors (Lipinski definition) is 1. The fraction of sp³-hybridized carbons (Fsp3) is 0.600. The molecule has 3 heteroatoms. The second kappa shape index (κ2) is 5.94. The molecule has 0 heterocycles. The molecule has 0 aromatic heterocycles. The molecule has 1 saturated carbocycles. The van der Waals surface area contributed by atoms with E-state index in [9.17, 15) is 0 Å². The van der Waals surface area contributed by atoms with Crippen LogP contribution in [0.5, 0.6) is 5.75 Å². The molecule has 0 unspecified atom stereocenters. The lowest BCUT2D eigenvalue weighted by molar-refractivity contribution is 0.251. The van der Waals surface area contributed by atoms with E-state index in [1.807, 2.05) is 18.2 Å². The Labute approximate surface area is 115 Å². The highest BCUT2D eigenvalue weighted by Crippen LogP contribution is 2.30. The molecule has 0 radical (unpaired) electrons. The van der Waals surface area contributed by atoms with E-state index in [1.54, 1.807) is 7.11 Å². The molecule has 1 aliphatic carbocycles. The van der Waals surface area contributed by atoms with E-state index in [1.165, 1.54) is 32.1 Å². The smallest absolute Gasteiger partial charge is 0.124 e. The summed E-state index contributed by atoms with van der Waals surface area (Å²) in [6.45, 7) is 3.09. The average molecular weight is 268 g/mol. The van der Waals surface area contributed by atoms with Crippen molar-refractivity contribution in [3.05, 3.63) is 28.8 Å². The predicted molar refractivity (Wildman–Crippen MR) is 76.3 cm³/mol. The minimum absolute atomic E-state index is 0.252. The zero-order valence-corrected chi connectivity index (χ0v) is 12.0. The molecule has 2 nitrogen and oxygen atoms in total. The molecule has 100 valence electrons. The minimum Gasteiger partial charge on any atom is -0.496 e.